The van der Waals surface area contributed by atoms with Crippen LogP contribution in [0.4, 0.5) is 0 Å². The molecular weight excluding hydrogens is 867 g/mol. The maximum Gasteiger partial charge on any atom is 0.120 e. The second kappa shape index (κ2) is 15.9. The quantitative estimate of drug-likeness (QED) is 0.123. The number of hydrogen-bond donors (Lipinski definition) is 0. The van der Waals surface area contributed by atoms with Crippen molar-refractivity contribution >= 4 is 46.2 Å². The van der Waals surface area contributed by atoms with Crippen molar-refractivity contribution in [2.24, 2.45) is 0 Å². The third-order valence-electron chi connectivity index (χ3n) is 10.3. The molecule has 0 N–H and O–H groups in total. The van der Waals surface area contributed by atoms with Gasteiger partial charge in [0, 0.05) is 37.4 Å². The number of pyridine rings is 1. The maximum atomic E-state index is 6.30. The van der Waals surface area contributed by atoms with Gasteiger partial charge in [-0.2, -0.15) is 0 Å². The van der Waals surface area contributed by atoms with Gasteiger partial charge in [0.25, 0.3) is 0 Å². The van der Waals surface area contributed by atoms with Crippen LogP contribution in [-0.4, -0.2) is 22.6 Å². The Morgan fingerprint density at radius 3 is 2.13 bits per heavy atom. The monoisotopic (exact) mass is 918 g/mol. The average molecular weight is 918 g/mol. The number of nitrogens with zero attached hydrogens (tertiary/aromatic N) is 3. The molecule has 0 atom stereocenters. The summed E-state index contributed by atoms with van der Waals surface area (Å²) in [4.78, 5) is 9.76. The molecule has 0 amide bonds. The normalized spacial score (nSPS) is 12.0. The molecule has 3 heterocycles. The van der Waals surface area contributed by atoms with E-state index in [0.29, 0.717) is 11.8 Å². The molecule has 0 aliphatic heterocycles. The van der Waals surface area contributed by atoms with Crippen LogP contribution in [0.15, 0.2) is 120 Å². The molecule has 0 saturated heterocycles. The van der Waals surface area contributed by atoms with Crippen LogP contribution in [0.2, 0.25) is 19.6 Å². The van der Waals surface area contributed by atoms with Crippen LogP contribution < -0.4 is 5.19 Å². The minimum atomic E-state index is -1.36. The number of fused-ring (bicyclic) bond motifs is 4. The van der Waals surface area contributed by atoms with Gasteiger partial charge in [0.05, 0.1) is 30.5 Å². The summed E-state index contributed by atoms with van der Waals surface area (Å²) in [5.41, 5.74) is 12.0. The molecule has 0 bridgehead atoms. The molecule has 8 rings (SSSR count). The summed E-state index contributed by atoms with van der Waals surface area (Å²) < 4.78 is 8.51. The number of benzene rings is 5. The molecule has 3 aromatic heterocycles. The second-order valence-corrected chi connectivity index (χ2v) is 22.0. The molecule has 0 aliphatic carbocycles. The summed E-state index contributed by atoms with van der Waals surface area (Å²) in [6.45, 7) is 22.8. The van der Waals surface area contributed by atoms with Crippen LogP contribution in [0.1, 0.15) is 77.0 Å². The summed E-state index contributed by atoms with van der Waals surface area (Å²) in [6, 6.07) is 44.7. The van der Waals surface area contributed by atoms with Crippen LogP contribution in [0.25, 0.3) is 61.3 Å². The average Bonchev–Trinajstić information content (AvgIpc) is 3.73. The molecule has 5 aromatic carbocycles. The first-order chi connectivity index (χ1) is 25.7. The van der Waals surface area contributed by atoms with Crippen molar-refractivity contribution in [2.45, 2.75) is 85.4 Å². The zero-order chi connectivity index (χ0) is 38.4. The van der Waals surface area contributed by atoms with Gasteiger partial charge < -0.3 is 14.0 Å². The third-order valence-corrected chi connectivity index (χ3v) is 12.3. The van der Waals surface area contributed by atoms with Gasteiger partial charge in [0.2, 0.25) is 0 Å². The number of rotatable bonds is 6. The largest absolute Gasteiger partial charge is 0.501 e. The van der Waals surface area contributed by atoms with Crippen molar-refractivity contribution in [3.63, 3.8) is 0 Å². The number of imidazole rings is 1. The number of aromatic nitrogens is 3. The Morgan fingerprint density at radius 1 is 0.764 bits per heavy atom. The summed E-state index contributed by atoms with van der Waals surface area (Å²) in [5, 5.41) is 3.66. The van der Waals surface area contributed by atoms with Crippen LogP contribution in [-0.2, 0) is 25.5 Å². The predicted octanol–water partition coefficient (Wildman–Crippen LogP) is 13.0. The summed E-state index contributed by atoms with van der Waals surface area (Å²) in [5.74, 6) is 1.90. The first kappa shape index (κ1) is 40.1. The van der Waals surface area contributed by atoms with E-state index >= 15 is 0 Å². The summed E-state index contributed by atoms with van der Waals surface area (Å²) >= 11 is 0. The Hall–Kier alpha value is -4.61. The fourth-order valence-electron chi connectivity index (χ4n) is 7.10. The zero-order valence-corrected chi connectivity index (χ0v) is 37.1. The van der Waals surface area contributed by atoms with Crippen molar-refractivity contribution in [3.8, 4) is 28.3 Å². The Morgan fingerprint density at radius 2 is 1.47 bits per heavy atom. The third kappa shape index (κ3) is 8.19. The molecule has 55 heavy (non-hydrogen) atoms. The van der Waals surface area contributed by atoms with E-state index in [1.54, 1.807) is 0 Å². The van der Waals surface area contributed by atoms with E-state index in [1.165, 1.54) is 21.9 Å². The van der Waals surface area contributed by atoms with Crippen molar-refractivity contribution in [1.29, 1.82) is 0 Å². The summed E-state index contributed by atoms with van der Waals surface area (Å²) in [6.07, 6.45) is 2.11. The summed E-state index contributed by atoms with van der Waals surface area (Å²) in [7, 11) is -1.36. The van der Waals surface area contributed by atoms with E-state index in [2.05, 4.69) is 170 Å². The molecule has 8 aromatic rings. The Bertz CT molecular complexity index is 2570. The van der Waals surface area contributed by atoms with E-state index in [4.69, 9.17) is 14.4 Å². The van der Waals surface area contributed by atoms with Gasteiger partial charge in [-0.15, -0.1) is 53.6 Å². The molecule has 6 heteroatoms. The maximum absolute atomic E-state index is 6.30. The zero-order valence-electron chi connectivity index (χ0n) is 33.7. The van der Waals surface area contributed by atoms with Crippen LogP contribution in [0.3, 0.4) is 0 Å². The van der Waals surface area contributed by atoms with Gasteiger partial charge in [0.15, 0.2) is 0 Å². The van der Waals surface area contributed by atoms with Crippen molar-refractivity contribution < 1.29 is 24.5 Å². The van der Waals surface area contributed by atoms with Gasteiger partial charge in [-0.05, 0) is 58.1 Å². The number of hydrogen-bond acceptors (Lipinski definition) is 3. The van der Waals surface area contributed by atoms with E-state index in [9.17, 15) is 0 Å². The van der Waals surface area contributed by atoms with Crippen molar-refractivity contribution in [1.82, 2.24) is 14.5 Å². The van der Waals surface area contributed by atoms with E-state index in [-0.39, 0.29) is 25.5 Å². The minimum Gasteiger partial charge on any atom is -0.501 e. The van der Waals surface area contributed by atoms with Crippen molar-refractivity contribution in [3.05, 3.63) is 144 Å². The first-order valence-corrected chi connectivity index (χ1v) is 22.6. The Labute approximate surface area is 341 Å². The molecule has 4 nitrogen and oxygen atoms in total. The molecule has 0 saturated carbocycles. The van der Waals surface area contributed by atoms with E-state index < -0.39 is 8.07 Å². The van der Waals surface area contributed by atoms with Crippen LogP contribution >= 0.6 is 0 Å². The molecule has 0 unspecified atom stereocenters. The fourth-order valence-corrected chi connectivity index (χ4v) is 8.78. The van der Waals surface area contributed by atoms with E-state index in [1.807, 2.05) is 30.3 Å². The van der Waals surface area contributed by atoms with Gasteiger partial charge in [-0.25, -0.2) is 0 Å². The Balaban J connectivity index is 0.000000198. The van der Waals surface area contributed by atoms with E-state index in [0.717, 1.165) is 61.3 Å². The van der Waals surface area contributed by atoms with Crippen LogP contribution in [0, 0.1) is 12.1 Å². The molecule has 0 aliphatic rings. The second-order valence-electron chi connectivity index (χ2n) is 17.0. The standard InChI is InChI=1S/C29H23N2O.C20H28NSi.Ir/c1-29(2,3)19-15-17-20(18-16-19)31-25-13-6-5-12-24(25)30-28(31)23-11-8-10-22-21-9-4-7-14-26(21)32-27(22)23;1-14(2)16-8-10-17(11-9-16)19-12-18(15(3)4)20(13-21-19)22(5,6)7;/h4-10,12-18H,1-3H3;8-10,12-15H,1-7H3;/q2*-1;. The molecule has 0 fully saturated rings. The first-order valence-electron chi connectivity index (χ1n) is 19.1. The predicted molar refractivity (Wildman–Crippen MR) is 231 cm³/mol. The van der Waals surface area contributed by atoms with Gasteiger partial charge >= 0.3 is 0 Å². The van der Waals surface area contributed by atoms with Gasteiger partial charge in [-0.1, -0.05) is 139 Å². The molecule has 0 spiro atoms. The molecule has 1 radical (unpaired) electrons. The topological polar surface area (TPSA) is 43.9 Å². The number of furan rings is 1. The van der Waals surface area contributed by atoms with Gasteiger partial charge in [0.1, 0.15) is 5.58 Å². The minimum absolute atomic E-state index is 0. The molecule has 283 valence electrons. The fraction of sp³-hybridized carbons (Fsp3) is 0.265. The van der Waals surface area contributed by atoms with Crippen LogP contribution in [0.5, 0.6) is 0 Å². The SMILES string of the molecule is CC(C)(C)c1ccc(-n2c(-c3[c-]ccc4c3oc3ccccc34)nc3ccccc32)cc1.CC(C)c1c[c-]c(-c2cc(C(C)C)c([Si](C)(C)C)cn2)cc1.[Ir]. The van der Waals surface area contributed by atoms with Gasteiger partial charge in [-0.3, -0.25) is 4.98 Å². The Kier molecular flexibility index (Phi) is 11.6. The smallest absolute Gasteiger partial charge is 0.120 e. The van der Waals surface area contributed by atoms with Crippen molar-refractivity contribution in [2.75, 3.05) is 0 Å². The molecular formula is C49H51IrN3OSi-2. The number of para-hydroxylation sites is 3.